The second-order valence-corrected chi connectivity index (χ2v) is 6.29. The Morgan fingerprint density at radius 3 is 2.40 bits per heavy atom. The number of fused-ring (bicyclic) bond motifs is 1. The van der Waals surface area contributed by atoms with Gasteiger partial charge in [-0.15, -0.1) is 0 Å². The molecule has 0 aromatic carbocycles. The Kier molecular flexibility index (Phi) is 3.32. The first-order valence-electron chi connectivity index (χ1n) is 6.68. The number of carbonyl (C=O) groups is 1. The number of aryl methyl sites for hydroxylation is 3. The van der Waals surface area contributed by atoms with Crippen molar-refractivity contribution in [3.8, 4) is 0 Å². The molecule has 5 heteroatoms. The minimum Gasteiger partial charge on any atom is -0.481 e. The zero-order valence-corrected chi connectivity index (χ0v) is 12.9. The monoisotopic (exact) mass is 275 g/mol. The molecule has 0 bridgehead atoms. The Hall–Kier alpha value is -1.91. The van der Waals surface area contributed by atoms with E-state index in [1.54, 1.807) is 4.68 Å². The molecule has 2 rings (SSSR count). The van der Waals surface area contributed by atoms with Crippen LogP contribution in [0.4, 0.5) is 0 Å². The molecule has 1 N–H and O–H groups in total. The first kappa shape index (κ1) is 14.5. The summed E-state index contributed by atoms with van der Waals surface area (Å²) >= 11 is 0. The molecule has 0 aliphatic heterocycles. The van der Waals surface area contributed by atoms with Crippen molar-refractivity contribution in [2.24, 2.45) is 7.05 Å². The van der Waals surface area contributed by atoms with Crippen LogP contribution in [0, 0.1) is 13.8 Å². The van der Waals surface area contributed by atoms with Gasteiger partial charge in [-0.3, -0.25) is 9.48 Å². The summed E-state index contributed by atoms with van der Waals surface area (Å²) in [6, 6.07) is 0. The second kappa shape index (κ2) is 4.58. The Morgan fingerprint density at radius 1 is 1.30 bits per heavy atom. The van der Waals surface area contributed by atoms with E-state index in [9.17, 15) is 4.79 Å². The molecule has 0 aliphatic rings. The van der Waals surface area contributed by atoms with E-state index in [2.05, 4.69) is 30.9 Å². The summed E-state index contributed by atoms with van der Waals surface area (Å²) in [5.74, 6) is -0.835. The van der Waals surface area contributed by atoms with Gasteiger partial charge in [0.05, 0.1) is 12.1 Å². The van der Waals surface area contributed by atoms with Crippen LogP contribution in [0.2, 0.25) is 0 Å². The molecule has 0 saturated carbocycles. The molecule has 0 fully saturated rings. The average molecular weight is 275 g/mol. The Labute approximate surface area is 118 Å². The maximum Gasteiger partial charge on any atom is 0.307 e. The number of carboxylic acid groups (broad SMARTS) is 1. The SMILES string of the molecule is Cc1nc2c(c(C(C)(C)C)nn2C)c(C)c1CC(=O)O. The fourth-order valence-corrected chi connectivity index (χ4v) is 2.57. The van der Waals surface area contributed by atoms with Gasteiger partial charge in [0.15, 0.2) is 5.65 Å². The summed E-state index contributed by atoms with van der Waals surface area (Å²) in [6.07, 6.45) is -0.000909. The summed E-state index contributed by atoms with van der Waals surface area (Å²) < 4.78 is 1.78. The highest BCUT2D eigenvalue weighted by molar-refractivity contribution is 5.86. The molecule has 5 nitrogen and oxygen atoms in total. The number of carboxylic acids is 1. The van der Waals surface area contributed by atoms with Crippen molar-refractivity contribution in [1.82, 2.24) is 14.8 Å². The van der Waals surface area contributed by atoms with Crippen molar-refractivity contribution in [3.05, 3.63) is 22.5 Å². The van der Waals surface area contributed by atoms with E-state index in [0.717, 1.165) is 33.5 Å². The molecule has 0 spiro atoms. The lowest BCUT2D eigenvalue weighted by molar-refractivity contribution is -0.136. The number of hydrogen-bond donors (Lipinski definition) is 1. The molecule has 2 heterocycles. The standard InChI is InChI=1S/C15H21N3O2/c1-8-10(7-11(19)20)9(2)16-14-12(8)13(15(3,4)5)17-18(14)6/h7H2,1-6H3,(H,19,20). The minimum absolute atomic E-state index is 0.000909. The van der Waals surface area contributed by atoms with E-state index in [4.69, 9.17) is 5.11 Å². The number of hydrogen-bond acceptors (Lipinski definition) is 3. The zero-order valence-electron chi connectivity index (χ0n) is 12.9. The average Bonchev–Trinajstić information content (AvgIpc) is 2.62. The molecule has 0 atom stereocenters. The Morgan fingerprint density at radius 2 is 1.90 bits per heavy atom. The fourth-order valence-electron chi connectivity index (χ4n) is 2.57. The van der Waals surface area contributed by atoms with Gasteiger partial charge in [0.1, 0.15) is 0 Å². The van der Waals surface area contributed by atoms with E-state index >= 15 is 0 Å². The van der Waals surface area contributed by atoms with Crippen molar-refractivity contribution in [3.63, 3.8) is 0 Å². The van der Waals surface area contributed by atoms with Gasteiger partial charge in [-0.25, -0.2) is 4.98 Å². The first-order valence-corrected chi connectivity index (χ1v) is 6.68. The molecule has 2 aromatic heterocycles. The topological polar surface area (TPSA) is 68.0 Å². The van der Waals surface area contributed by atoms with E-state index in [0.29, 0.717) is 0 Å². The highest BCUT2D eigenvalue weighted by atomic mass is 16.4. The minimum atomic E-state index is -0.835. The molecule has 0 radical (unpaired) electrons. The summed E-state index contributed by atoms with van der Waals surface area (Å²) in [7, 11) is 1.88. The number of aromatic nitrogens is 3. The fraction of sp³-hybridized carbons (Fsp3) is 0.533. The lowest BCUT2D eigenvalue weighted by Crippen LogP contribution is -2.13. The van der Waals surface area contributed by atoms with Gasteiger partial charge in [-0.1, -0.05) is 20.8 Å². The van der Waals surface area contributed by atoms with Gasteiger partial charge in [-0.2, -0.15) is 5.10 Å². The third kappa shape index (κ3) is 2.28. The van der Waals surface area contributed by atoms with E-state index in [-0.39, 0.29) is 11.8 Å². The van der Waals surface area contributed by atoms with Gasteiger partial charge in [0.25, 0.3) is 0 Å². The quantitative estimate of drug-likeness (QED) is 0.914. The maximum absolute atomic E-state index is 11.0. The molecule has 0 saturated heterocycles. The predicted octanol–water partition coefficient (Wildman–Crippen LogP) is 2.51. The lowest BCUT2D eigenvalue weighted by Gasteiger charge is -2.17. The normalized spacial score (nSPS) is 12.1. The first-order chi connectivity index (χ1) is 9.12. The number of pyridine rings is 1. The molecule has 108 valence electrons. The van der Waals surface area contributed by atoms with Crippen molar-refractivity contribution < 1.29 is 9.90 Å². The van der Waals surface area contributed by atoms with Crippen molar-refractivity contribution in [2.75, 3.05) is 0 Å². The molecule has 0 aliphatic carbocycles. The van der Waals surface area contributed by atoms with Gasteiger partial charge in [-0.05, 0) is 25.0 Å². The van der Waals surface area contributed by atoms with Crippen LogP contribution in [-0.2, 0) is 23.7 Å². The predicted molar refractivity (Wildman–Crippen MR) is 78.0 cm³/mol. The highest BCUT2D eigenvalue weighted by Crippen LogP contribution is 2.32. The van der Waals surface area contributed by atoms with Crippen LogP contribution in [0.5, 0.6) is 0 Å². The van der Waals surface area contributed by atoms with Crippen LogP contribution in [0.15, 0.2) is 0 Å². The highest BCUT2D eigenvalue weighted by Gasteiger charge is 2.25. The van der Waals surface area contributed by atoms with Gasteiger partial charge >= 0.3 is 5.97 Å². The van der Waals surface area contributed by atoms with E-state index in [1.165, 1.54) is 0 Å². The van der Waals surface area contributed by atoms with Crippen LogP contribution >= 0.6 is 0 Å². The van der Waals surface area contributed by atoms with E-state index in [1.807, 2.05) is 20.9 Å². The van der Waals surface area contributed by atoms with Crippen molar-refractivity contribution in [2.45, 2.75) is 46.5 Å². The largest absolute Gasteiger partial charge is 0.481 e. The molecule has 2 aromatic rings. The van der Waals surface area contributed by atoms with Gasteiger partial charge in [0.2, 0.25) is 0 Å². The van der Waals surface area contributed by atoms with E-state index < -0.39 is 5.97 Å². The molecular weight excluding hydrogens is 254 g/mol. The zero-order chi connectivity index (χ0) is 15.2. The number of rotatable bonds is 2. The molecular formula is C15H21N3O2. The third-order valence-electron chi connectivity index (χ3n) is 3.59. The lowest BCUT2D eigenvalue weighted by atomic mass is 9.88. The summed E-state index contributed by atoms with van der Waals surface area (Å²) in [5, 5.41) is 14.7. The second-order valence-electron chi connectivity index (χ2n) is 6.29. The summed E-state index contributed by atoms with van der Waals surface area (Å²) in [6.45, 7) is 10.1. The van der Waals surface area contributed by atoms with Gasteiger partial charge < -0.3 is 5.11 Å². The molecule has 0 amide bonds. The summed E-state index contributed by atoms with van der Waals surface area (Å²) in [5.41, 5.74) is 4.21. The smallest absolute Gasteiger partial charge is 0.307 e. The van der Waals surface area contributed by atoms with Crippen LogP contribution in [0.25, 0.3) is 11.0 Å². The van der Waals surface area contributed by atoms with Gasteiger partial charge in [0, 0.05) is 23.5 Å². The van der Waals surface area contributed by atoms with Crippen LogP contribution in [-0.4, -0.2) is 25.8 Å². The molecule has 0 unspecified atom stereocenters. The number of nitrogens with zero attached hydrogens (tertiary/aromatic N) is 3. The van der Waals surface area contributed by atoms with Crippen molar-refractivity contribution >= 4 is 17.0 Å². The summed E-state index contributed by atoms with van der Waals surface area (Å²) in [4.78, 5) is 15.6. The molecule has 20 heavy (non-hydrogen) atoms. The van der Waals surface area contributed by atoms with Crippen molar-refractivity contribution in [1.29, 1.82) is 0 Å². The Balaban J connectivity index is 2.85. The van der Waals surface area contributed by atoms with Crippen LogP contribution in [0.3, 0.4) is 0 Å². The third-order valence-corrected chi connectivity index (χ3v) is 3.59. The maximum atomic E-state index is 11.0. The number of aliphatic carboxylic acids is 1. The van der Waals surface area contributed by atoms with Crippen LogP contribution in [0.1, 0.15) is 43.3 Å². The Bertz CT molecular complexity index is 693. The van der Waals surface area contributed by atoms with Crippen LogP contribution < -0.4 is 0 Å².